The molecule has 0 saturated heterocycles. The zero-order valence-corrected chi connectivity index (χ0v) is 13.9. The molecule has 0 radical (unpaired) electrons. The standard InChI is InChI=1S/C17H16N4O2S/c1-23-17(22)19-18-10-14-12-21(11-13-6-3-2-4-7-13)20-16(14)15-8-5-9-24-15/h2-10,12H,11H2,1H3,(H,19,22)/b18-10-. The summed E-state index contributed by atoms with van der Waals surface area (Å²) in [6.07, 6.45) is 2.87. The summed E-state index contributed by atoms with van der Waals surface area (Å²) in [6.45, 7) is 0.664. The summed E-state index contributed by atoms with van der Waals surface area (Å²) in [6, 6.07) is 14.1. The maximum Gasteiger partial charge on any atom is 0.427 e. The van der Waals surface area contributed by atoms with Gasteiger partial charge in [0.25, 0.3) is 0 Å². The van der Waals surface area contributed by atoms with Gasteiger partial charge in [-0.1, -0.05) is 36.4 Å². The van der Waals surface area contributed by atoms with Crippen molar-refractivity contribution in [3.63, 3.8) is 0 Å². The molecule has 0 aliphatic carbocycles. The first kappa shape index (κ1) is 15.9. The fourth-order valence-corrected chi connectivity index (χ4v) is 2.92. The molecule has 0 unspecified atom stereocenters. The third-order valence-corrected chi connectivity index (χ3v) is 4.15. The number of carbonyl (C=O) groups excluding carboxylic acids is 1. The highest BCUT2D eigenvalue weighted by Gasteiger charge is 2.11. The largest absolute Gasteiger partial charge is 0.452 e. The van der Waals surface area contributed by atoms with Gasteiger partial charge < -0.3 is 4.74 Å². The molecule has 1 aromatic carbocycles. The molecule has 6 nitrogen and oxygen atoms in total. The Hall–Kier alpha value is -2.93. The van der Waals surface area contributed by atoms with Crippen molar-refractivity contribution in [1.29, 1.82) is 0 Å². The number of hydrogen-bond donors (Lipinski definition) is 1. The first-order chi connectivity index (χ1) is 11.8. The fraction of sp³-hybridized carbons (Fsp3) is 0.118. The number of amides is 1. The number of aromatic nitrogens is 2. The van der Waals surface area contributed by atoms with E-state index < -0.39 is 6.09 Å². The Labute approximate surface area is 143 Å². The fourth-order valence-electron chi connectivity index (χ4n) is 2.19. The van der Waals surface area contributed by atoms with E-state index in [1.165, 1.54) is 7.11 Å². The van der Waals surface area contributed by atoms with Gasteiger partial charge in [-0.3, -0.25) is 4.68 Å². The first-order valence-corrected chi connectivity index (χ1v) is 8.16. The number of benzene rings is 1. The van der Waals surface area contributed by atoms with Crippen LogP contribution in [0.5, 0.6) is 0 Å². The summed E-state index contributed by atoms with van der Waals surface area (Å²) in [5.74, 6) is 0. The van der Waals surface area contributed by atoms with Gasteiger partial charge in [-0.05, 0) is 17.0 Å². The smallest absolute Gasteiger partial charge is 0.427 e. The maximum atomic E-state index is 11.1. The number of hydrazone groups is 1. The van der Waals surface area contributed by atoms with Crippen molar-refractivity contribution in [3.05, 3.63) is 65.2 Å². The van der Waals surface area contributed by atoms with Crippen molar-refractivity contribution >= 4 is 23.6 Å². The Morgan fingerprint density at radius 2 is 2.17 bits per heavy atom. The van der Waals surface area contributed by atoms with Gasteiger partial charge in [0, 0.05) is 11.8 Å². The molecule has 24 heavy (non-hydrogen) atoms. The van der Waals surface area contributed by atoms with E-state index in [1.54, 1.807) is 17.6 Å². The molecule has 2 aromatic heterocycles. The van der Waals surface area contributed by atoms with Gasteiger partial charge in [0.1, 0.15) is 5.69 Å². The number of rotatable bonds is 5. The molecule has 122 valence electrons. The molecule has 7 heteroatoms. The second-order valence-corrected chi connectivity index (χ2v) is 5.90. The predicted molar refractivity (Wildman–Crippen MR) is 94.2 cm³/mol. The van der Waals surface area contributed by atoms with Crippen LogP contribution in [0.15, 0.2) is 59.1 Å². The van der Waals surface area contributed by atoms with E-state index in [4.69, 9.17) is 0 Å². The van der Waals surface area contributed by atoms with E-state index in [2.05, 4.69) is 32.5 Å². The van der Waals surface area contributed by atoms with E-state index in [0.717, 1.165) is 21.7 Å². The Bertz CT molecular complexity index is 826. The van der Waals surface area contributed by atoms with E-state index in [0.29, 0.717) is 6.54 Å². The maximum absolute atomic E-state index is 11.1. The van der Waals surface area contributed by atoms with E-state index in [9.17, 15) is 4.79 Å². The highest BCUT2D eigenvalue weighted by Crippen LogP contribution is 2.26. The van der Waals surface area contributed by atoms with E-state index >= 15 is 0 Å². The van der Waals surface area contributed by atoms with Crippen LogP contribution >= 0.6 is 11.3 Å². The minimum absolute atomic E-state index is 0.611. The van der Waals surface area contributed by atoms with Crippen molar-refractivity contribution in [2.75, 3.05) is 7.11 Å². The SMILES string of the molecule is COC(=O)N/N=C\c1cn(Cc2ccccc2)nc1-c1cccs1. The lowest BCUT2D eigenvalue weighted by atomic mass is 10.2. The van der Waals surface area contributed by atoms with Gasteiger partial charge >= 0.3 is 6.09 Å². The number of carbonyl (C=O) groups is 1. The Morgan fingerprint density at radius 3 is 2.88 bits per heavy atom. The Morgan fingerprint density at radius 1 is 1.33 bits per heavy atom. The third kappa shape index (κ3) is 3.88. The molecule has 3 rings (SSSR count). The van der Waals surface area contributed by atoms with Gasteiger partial charge in [-0.15, -0.1) is 11.3 Å². The molecule has 0 atom stereocenters. The second kappa shape index (κ2) is 7.56. The monoisotopic (exact) mass is 340 g/mol. The van der Waals surface area contributed by atoms with Crippen LogP contribution in [0.25, 0.3) is 10.6 Å². The summed E-state index contributed by atoms with van der Waals surface area (Å²) in [7, 11) is 1.29. The van der Waals surface area contributed by atoms with Gasteiger partial charge in [-0.2, -0.15) is 10.2 Å². The molecule has 0 fully saturated rings. The van der Waals surface area contributed by atoms with Crippen molar-refractivity contribution < 1.29 is 9.53 Å². The normalized spacial score (nSPS) is 10.9. The van der Waals surface area contributed by atoms with Crippen LogP contribution in [0.3, 0.4) is 0 Å². The lowest BCUT2D eigenvalue weighted by molar-refractivity contribution is 0.171. The highest BCUT2D eigenvalue weighted by molar-refractivity contribution is 7.13. The van der Waals surface area contributed by atoms with Crippen LogP contribution in [-0.4, -0.2) is 29.2 Å². The summed E-state index contributed by atoms with van der Waals surface area (Å²) in [5.41, 5.74) is 5.10. The molecule has 1 amide bonds. The number of ether oxygens (including phenoxy) is 1. The number of thiophene rings is 1. The summed E-state index contributed by atoms with van der Waals surface area (Å²) in [5, 5.41) is 10.6. The molecule has 2 heterocycles. The predicted octanol–water partition coefficient (Wildman–Crippen LogP) is 3.35. The summed E-state index contributed by atoms with van der Waals surface area (Å²) < 4.78 is 6.36. The van der Waals surface area contributed by atoms with Crippen LogP contribution in [-0.2, 0) is 11.3 Å². The first-order valence-electron chi connectivity index (χ1n) is 7.28. The van der Waals surface area contributed by atoms with Crippen LogP contribution in [0.1, 0.15) is 11.1 Å². The molecule has 0 spiro atoms. The molecule has 3 aromatic rings. The van der Waals surface area contributed by atoms with Crippen LogP contribution in [0.2, 0.25) is 0 Å². The van der Waals surface area contributed by atoms with E-state index in [-0.39, 0.29) is 0 Å². The average Bonchev–Trinajstić information content (AvgIpc) is 3.25. The summed E-state index contributed by atoms with van der Waals surface area (Å²) >= 11 is 1.60. The minimum atomic E-state index is -0.611. The second-order valence-electron chi connectivity index (χ2n) is 4.96. The van der Waals surface area contributed by atoms with Crippen molar-refractivity contribution in [1.82, 2.24) is 15.2 Å². The molecule has 1 N–H and O–H groups in total. The van der Waals surface area contributed by atoms with Gasteiger partial charge in [0.2, 0.25) is 0 Å². The number of methoxy groups -OCH3 is 1. The molecule has 0 bridgehead atoms. The van der Waals surface area contributed by atoms with Crippen molar-refractivity contribution in [2.45, 2.75) is 6.54 Å². The molecular weight excluding hydrogens is 324 g/mol. The quantitative estimate of drug-likeness (QED) is 0.572. The Kier molecular flexibility index (Phi) is 5.02. The topological polar surface area (TPSA) is 68.5 Å². The van der Waals surface area contributed by atoms with Crippen LogP contribution in [0.4, 0.5) is 4.79 Å². The number of nitrogens with one attached hydrogen (secondary N) is 1. The molecule has 0 aliphatic rings. The van der Waals surface area contributed by atoms with Crippen LogP contribution < -0.4 is 5.43 Å². The molecule has 0 aliphatic heterocycles. The van der Waals surface area contributed by atoms with Gasteiger partial charge in [0.15, 0.2) is 0 Å². The zero-order chi connectivity index (χ0) is 16.8. The van der Waals surface area contributed by atoms with Crippen molar-refractivity contribution in [3.8, 4) is 10.6 Å². The third-order valence-electron chi connectivity index (χ3n) is 3.28. The van der Waals surface area contributed by atoms with Crippen LogP contribution in [0, 0.1) is 0 Å². The zero-order valence-electron chi connectivity index (χ0n) is 13.0. The summed E-state index contributed by atoms with van der Waals surface area (Å²) in [4.78, 5) is 12.1. The van der Waals surface area contributed by atoms with Gasteiger partial charge in [0.05, 0.1) is 24.7 Å². The number of nitrogens with zero attached hydrogens (tertiary/aromatic N) is 3. The Balaban J connectivity index is 1.86. The van der Waals surface area contributed by atoms with E-state index in [1.807, 2.05) is 46.6 Å². The average molecular weight is 340 g/mol. The lowest BCUT2D eigenvalue weighted by Crippen LogP contribution is -2.16. The van der Waals surface area contributed by atoms with Crippen molar-refractivity contribution in [2.24, 2.45) is 5.10 Å². The molecule has 0 saturated carbocycles. The lowest BCUT2D eigenvalue weighted by Gasteiger charge is -2.00. The van der Waals surface area contributed by atoms with Gasteiger partial charge in [-0.25, -0.2) is 10.2 Å². The minimum Gasteiger partial charge on any atom is -0.452 e. The molecular formula is C17H16N4O2S. The highest BCUT2D eigenvalue weighted by atomic mass is 32.1. The number of hydrogen-bond acceptors (Lipinski definition) is 5.